The van der Waals surface area contributed by atoms with Crippen molar-refractivity contribution in [2.75, 3.05) is 25.7 Å². The Kier molecular flexibility index (Phi) is 8.52. The second kappa shape index (κ2) is 11.4. The van der Waals surface area contributed by atoms with Gasteiger partial charge in [-0.2, -0.15) is 25.5 Å². The molecular formula is C25H29ClF2N4O3S. The summed E-state index contributed by atoms with van der Waals surface area (Å²) < 4.78 is 38.8. The molecule has 0 radical (unpaired) electrons. The van der Waals surface area contributed by atoms with Gasteiger partial charge < -0.3 is 25.3 Å². The maximum absolute atomic E-state index is 14.3. The Morgan fingerprint density at radius 3 is 2.56 bits per heavy atom. The lowest BCUT2D eigenvalue weighted by Crippen LogP contribution is -2.43. The van der Waals surface area contributed by atoms with Crippen LogP contribution in [-0.4, -0.2) is 70.0 Å². The van der Waals surface area contributed by atoms with Gasteiger partial charge in [0.25, 0.3) is 6.01 Å². The topological polar surface area (TPSA) is 106 Å². The van der Waals surface area contributed by atoms with Crippen LogP contribution in [0.1, 0.15) is 24.8 Å². The zero-order valence-corrected chi connectivity index (χ0v) is 21.6. The minimum atomic E-state index is -3.34. The van der Waals surface area contributed by atoms with Gasteiger partial charge in [-0.15, -0.1) is 0 Å². The maximum Gasteiger partial charge on any atom is 0.314 e. The number of fused-ring (bicyclic) bond motifs is 1. The van der Waals surface area contributed by atoms with Crippen LogP contribution in [0.3, 0.4) is 0 Å². The van der Waals surface area contributed by atoms with E-state index in [-0.39, 0.29) is 18.7 Å². The van der Waals surface area contributed by atoms with Gasteiger partial charge in [-0.25, -0.2) is 4.98 Å². The number of hydrogen-bond acceptors (Lipinski definition) is 7. The molecule has 1 aliphatic heterocycles. The van der Waals surface area contributed by atoms with Crippen molar-refractivity contribution in [3.8, 4) is 17.3 Å². The summed E-state index contributed by atoms with van der Waals surface area (Å²) in [4.78, 5) is 11.5. The number of imidazole rings is 1. The van der Waals surface area contributed by atoms with E-state index in [0.29, 0.717) is 21.9 Å². The number of aromatic amines is 1. The largest absolute Gasteiger partial charge is 0.452 e. The molecule has 0 spiro atoms. The number of thioether (sulfide) groups is 1. The number of halogens is 3. The van der Waals surface area contributed by atoms with Gasteiger partial charge in [-0.3, -0.25) is 0 Å². The van der Waals surface area contributed by atoms with Crippen molar-refractivity contribution in [1.29, 1.82) is 0 Å². The van der Waals surface area contributed by atoms with E-state index >= 15 is 0 Å². The maximum atomic E-state index is 14.3. The van der Waals surface area contributed by atoms with Crippen LogP contribution < -0.4 is 10.5 Å². The first kappa shape index (κ1) is 26.8. The predicted molar refractivity (Wildman–Crippen MR) is 140 cm³/mol. The fraction of sp³-hybridized carbons (Fsp3) is 0.440. The van der Waals surface area contributed by atoms with E-state index < -0.39 is 24.7 Å². The van der Waals surface area contributed by atoms with Gasteiger partial charge in [0.05, 0.1) is 29.4 Å². The monoisotopic (exact) mass is 538 g/mol. The normalized spacial score (nSPS) is 23.2. The quantitative estimate of drug-likeness (QED) is 0.423. The molecule has 194 valence electrons. The van der Waals surface area contributed by atoms with Gasteiger partial charge in [-0.1, -0.05) is 41.9 Å². The van der Waals surface area contributed by atoms with Gasteiger partial charge in [0.15, 0.2) is 11.8 Å². The highest BCUT2D eigenvalue weighted by molar-refractivity contribution is 7.97. The first-order valence-corrected chi connectivity index (χ1v) is 13.6. The Labute approximate surface area is 217 Å². The summed E-state index contributed by atoms with van der Waals surface area (Å²) in [7, 11) is 0. The number of hydrogen-bond donors (Lipinski definition) is 3. The summed E-state index contributed by atoms with van der Waals surface area (Å²) in [6.45, 7) is -1.15. The molecule has 4 N–H and O–H groups in total. The second-order valence-corrected chi connectivity index (χ2v) is 9.99. The second-order valence-electron chi connectivity index (χ2n) is 8.77. The molecular weight excluding hydrogens is 510 g/mol. The van der Waals surface area contributed by atoms with E-state index in [1.54, 1.807) is 17.8 Å². The number of allylic oxidation sites excluding steroid dienone is 1. The summed E-state index contributed by atoms with van der Waals surface area (Å²) in [5.41, 5.74) is 10.5. The summed E-state index contributed by atoms with van der Waals surface area (Å²) in [6, 6.07) is 9.70. The van der Waals surface area contributed by atoms with Crippen LogP contribution in [0.4, 0.5) is 8.78 Å². The molecule has 0 saturated carbocycles. The zero-order valence-electron chi connectivity index (χ0n) is 20.0. The molecule has 3 atom stereocenters. The summed E-state index contributed by atoms with van der Waals surface area (Å²) in [6.07, 6.45) is 5.90. The molecule has 3 aromatic rings. The smallest absolute Gasteiger partial charge is 0.314 e. The van der Waals surface area contributed by atoms with Crippen molar-refractivity contribution in [3.05, 3.63) is 47.0 Å². The first-order valence-electron chi connectivity index (χ1n) is 11.6. The molecule has 1 fully saturated rings. The molecule has 2 aromatic heterocycles. The summed E-state index contributed by atoms with van der Waals surface area (Å²) in [5, 5.41) is 9.45. The van der Waals surface area contributed by atoms with Crippen molar-refractivity contribution in [1.82, 2.24) is 15.0 Å². The average molecular weight is 539 g/mol. The lowest BCUT2D eigenvalue weighted by molar-refractivity contribution is -0.118. The van der Waals surface area contributed by atoms with Gasteiger partial charge in [0, 0.05) is 11.6 Å². The highest BCUT2D eigenvalue weighted by atomic mass is 35.5. The minimum absolute atomic E-state index is 0.115. The molecule has 1 saturated heterocycles. The van der Waals surface area contributed by atoms with Crippen LogP contribution in [0.2, 0.25) is 5.02 Å². The summed E-state index contributed by atoms with van der Waals surface area (Å²) in [5.74, 6) is -3.34. The third kappa shape index (κ3) is 5.68. The molecule has 1 unspecified atom stereocenters. The molecule has 0 amide bonds. The van der Waals surface area contributed by atoms with E-state index in [4.69, 9.17) is 31.9 Å². The lowest BCUT2D eigenvalue weighted by atomic mass is 9.90. The number of nitrogens with zero attached hydrogens (tertiary/aromatic N) is 2. The number of nitrogens with two attached hydrogens (primary N) is 1. The van der Waals surface area contributed by atoms with Gasteiger partial charge in [0.2, 0.25) is 0 Å². The van der Waals surface area contributed by atoms with E-state index in [9.17, 15) is 8.78 Å². The number of ether oxygens (including phenoxy) is 2. The van der Waals surface area contributed by atoms with Crippen LogP contribution in [0, 0.1) is 0 Å². The number of alkyl halides is 2. The zero-order chi connectivity index (χ0) is 25.9. The molecule has 11 heteroatoms. The van der Waals surface area contributed by atoms with Crippen molar-refractivity contribution in [3.63, 3.8) is 0 Å². The third-order valence-electron chi connectivity index (χ3n) is 6.11. The Morgan fingerprint density at radius 2 is 1.94 bits per heavy atom. The number of aromatic nitrogens is 3. The molecule has 0 bridgehead atoms. The van der Waals surface area contributed by atoms with Crippen LogP contribution in [0.25, 0.3) is 28.0 Å². The Balaban J connectivity index is 0.000000967. The number of pyridine rings is 1. The van der Waals surface area contributed by atoms with Crippen molar-refractivity contribution < 1.29 is 23.4 Å². The minimum Gasteiger partial charge on any atom is -0.452 e. The molecule has 36 heavy (non-hydrogen) atoms. The summed E-state index contributed by atoms with van der Waals surface area (Å²) >= 11 is 8.21. The van der Waals surface area contributed by atoms with Crippen LogP contribution in [0.5, 0.6) is 6.01 Å². The average Bonchev–Trinajstić information content (AvgIpc) is 3.38. The fourth-order valence-corrected chi connectivity index (χ4v) is 4.43. The standard InChI is InChI=1S/C23H23ClF2N4O3.C2H6S/c24-16-9-17-21(30-22(28-17)33-19-11-32-18(10-31)23(19,25)26)29-20(16)14-3-1-12(2-4-14)13-5-7-15(27)8-6-13;1-3-2/h1-5,9,15,18-19,31H,6-8,10-11,27H2,(H,28,29,30);1-2H3/t15?,18-,19-;/m1./s1. The third-order valence-corrected chi connectivity index (χ3v) is 6.40. The number of aliphatic hydroxyl groups is 1. The van der Waals surface area contributed by atoms with Gasteiger partial charge in [0.1, 0.15) is 6.10 Å². The number of nitrogens with one attached hydrogen (secondary N) is 1. The fourth-order valence-electron chi connectivity index (χ4n) is 4.17. The highest BCUT2D eigenvalue weighted by Gasteiger charge is 2.55. The Bertz CT molecular complexity index is 1220. The van der Waals surface area contributed by atoms with Crippen molar-refractivity contribution in [2.24, 2.45) is 5.73 Å². The molecule has 3 heterocycles. The van der Waals surface area contributed by atoms with E-state index in [0.717, 1.165) is 30.4 Å². The predicted octanol–water partition coefficient (Wildman–Crippen LogP) is 4.93. The number of aliphatic hydroxyl groups excluding tert-OH is 1. The number of benzene rings is 1. The molecule has 2 aliphatic rings. The molecule has 1 aromatic carbocycles. The molecule has 1 aliphatic carbocycles. The van der Waals surface area contributed by atoms with E-state index in [2.05, 4.69) is 21.0 Å². The molecule has 5 rings (SSSR count). The van der Waals surface area contributed by atoms with Gasteiger partial charge >= 0.3 is 5.92 Å². The van der Waals surface area contributed by atoms with Crippen LogP contribution in [0.15, 0.2) is 36.4 Å². The highest BCUT2D eigenvalue weighted by Crippen LogP contribution is 2.36. The van der Waals surface area contributed by atoms with Crippen LogP contribution >= 0.6 is 23.4 Å². The van der Waals surface area contributed by atoms with E-state index in [1.807, 2.05) is 36.8 Å². The van der Waals surface area contributed by atoms with Gasteiger partial charge in [-0.05, 0) is 49.0 Å². The Morgan fingerprint density at radius 1 is 1.25 bits per heavy atom. The lowest BCUT2D eigenvalue weighted by Gasteiger charge is -2.20. The van der Waals surface area contributed by atoms with E-state index in [1.165, 1.54) is 5.57 Å². The van der Waals surface area contributed by atoms with Crippen molar-refractivity contribution >= 4 is 40.1 Å². The van der Waals surface area contributed by atoms with Crippen molar-refractivity contribution in [2.45, 2.75) is 43.4 Å². The first-order chi connectivity index (χ1) is 17.3. The molecule has 7 nitrogen and oxygen atoms in total. The number of rotatable bonds is 5. The van der Waals surface area contributed by atoms with Crippen LogP contribution in [-0.2, 0) is 4.74 Å². The SMILES string of the molecule is CSC.NC1CC=C(c2ccc(-c3nc4nc(O[C@@H]5CO[C@H](CO)C5(F)F)[nH]c4cc3Cl)cc2)CC1. The Hall–Kier alpha value is -2.24. The number of H-pyrrole nitrogens is 1.